The van der Waals surface area contributed by atoms with E-state index in [1.165, 1.54) is 35.1 Å². The van der Waals surface area contributed by atoms with Gasteiger partial charge >= 0.3 is 5.97 Å². The SMILES string of the molecule is CC(C)Cc1ccc(C(Cc2cccc(C3=C(CN(C)C)CCCC3)c2)C(=O)O)cc1. The molecular formula is C28H37NO2. The molecule has 2 aromatic carbocycles. The molecule has 1 aliphatic rings. The molecule has 0 saturated heterocycles. The van der Waals surface area contributed by atoms with Gasteiger partial charge in [-0.25, -0.2) is 0 Å². The first kappa shape index (κ1) is 23.3. The van der Waals surface area contributed by atoms with Crippen LogP contribution in [-0.4, -0.2) is 36.6 Å². The topological polar surface area (TPSA) is 40.5 Å². The Morgan fingerprint density at radius 1 is 0.968 bits per heavy atom. The minimum Gasteiger partial charge on any atom is -0.481 e. The Balaban J connectivity index is 1.84. The van der Waals surface area contributed by atoms with E-state index in [1.54, 1.807) is 0 Å². The lowest BCUT2D eigenvalue weighted by Crippen LogP contribution is -2.18. The van der Waals surface area contributed by atoms with Gasteiger partial charge in [-0.05, 0) is 86.4 Å². The van der Waals surface area contributed by atoms with Gasteiger partial charge in [0.1, 0.15) is 0 Å². The molecule has 2 aromatic rings. The molecule has 0 radical (unpaired) electrons. The highest BCUT2D eigenvalue weighted by Crippen LogP contribution is 2.33. The second-order valence-electron chi connectivity index (χ2n) is 9.66. The van der Waals surface area contributed by atoms with Crippen molar-refractivity contribution in [3.05, 3.63) is 76.4 Å². The second kappa shape index (κ2) is 10.8. The van der Waals surface area contributed by atoms with E-state index in [1.807, 2.05) is 12.1 Å². The van der Waals surface area contributed by atoms with E-state index in [0.29, 0.717) is 12.3 Å². The predicted molar refractivity (Wildman–Crippen MR) is 129 cm³/mol. The summed E-state index contributed by atoms with van der Waals surface area (Å²) in [6, 6.07) is 16.7. The number of allylic oxidation sites excluding steroid dienone is 1. The van der Waals surface area contributed by atoms with Crippen LogP contribution in [-0.2, 0) is 17.6 Å². The summed E-state index contributed by atoms with van der Waals surface area (Å²) in [6.45, 7) is 5.40. The molecule has 0 spiro atoms. The minimum atomic E-state index is -0.757. The molecule has 0 aliphatic heterocycles. The molecule has 3 nitrogen and oxygen atoms in total. The third-order valence-corrected chi connectivity index (χ3v) is 6.13. The molecule has 0 aromatic heterocycles. The van der Waals surface area contributed by atoms with Gasteiger partial charge in [0.05, 0.1) is 5.92 Å². The standard InChI is InChI=1S/C28H37NO2/c1-20(2)16-21-12-14-23(15-13-21)27(28(30)31)18-22-8-7-10-24(17-22)26-11-6-5-9-25(26)19-29(3)4/h7-8,10,12-15,17,20,27H,5-6,9,11,16,18-19H2,1-4H3,(H,30,31). The maximum absolute atomic E-state index is 12.1. The van der Waals surface area contributed by atoms with Crippen LogP contribution in [0.5, 0.6) is 0 Å². The molecule has 3 rings (SSSR count). The number of carboxylic acid groups (broad SMARTS) is 1. The highest BCUT2D eigenvalue weighted by molar-refractivity contribution is 5.77. The number of carbonyl (C=O) groups is 1. The highest BCUT2D eigenvalue weighted by Gasteiger charge is 2.21. The number of carboxylic acids is 1. The molecular weight excluding hydrogens is 382 g/mol. The minimum absolute atomic E-state index is 0.517. The summed E-state index contributed by atoms with van der Waals surface area (Å²) >= 11 is 0. The van der Waals surface area contributed by atoms with Crippen molar-refractivity contribution < 1.29 is 9.90 Å². The van der Waals surface area contributed by atoms with E-state index in [2.05, 4.69) is 69.2 Å². The van der Waals surface area contributed by atoms with Crippen molar-refractivity contribution in [3.63, 3.8) is 0 Å². The van der Waals surface area contributed by atoms with Gasteiger partial charge in [-0.3, -0.25) is 4.79 Å². The Morgan fingerprint density at radius 3 is 2.32 bits per heavy atom. The summed E-state index contributed by atoms with van der Waals surface area (Å²) in [4.78, 5) is 14.4. The zero-order valence-corrected chi connectivity index (χ0v) is 19.5. The Kier molecular flexibility index (Phi) is 8.09. The van der Waals surface area contributed by atoms with Crippen molar-refractivity contribution >= 4 is 11.5 Å². The van der Waals surface area contributed by atoms with Gasteiger partial charge in [0, 0.05) is 6.54 Å². The lowest BCUT2D eigenvalue weighted by atomic mass is 9.85. The summed E-state index contributed by atoms with van der Waals surface area (Å²) in [6.07, 6.45) is 6.31. The third-order valence-electron chi connectivity index (χ3n) is 6.13. The molecule has 0 amide bonds. The summed E-state index contributed by atoms with van der Waals surface area (Å²) in [5.41, 5.74) is 7.51. The first-order chi connectivity index (χ1) is 14.8. The molecule has 0 fully saturated rings. The van der Waals surface area contributed by atoms with Crippen LogP contribution in [0.3, 0.4) is 0 Å². The Hall–Kier alpha value is -2.39. The van der Waals surface area contributed by atoms with Gasteiger partial charge in [-0.15, -0.1) is 0 Å². The molecule has 166 valence electrons. The van der Waals surface area contributed by atoms with Crippen molar-refractivity contribution in [1.29, 1.82) is 0 Å². The Morgan fingerprint density at radius 2 is 1.68 bits per heavy atom. The van der Waals surface area contributed by atoms with Crippen LogP contribution in [0, 0.1) is 5.92 Å². The average Bonchev–Trinajstić information content (AvgIpc) is 2.72. The number of hydrogen-bond acceptors (Lipinski definition) is 2. The fourth-order valence-corrected chi connectivity index (χ4v) is 4.70. The molecule has 3 heteroatoms. The first-order valence-corrected chi connectivity index (χ1v) is 11.6. The monoisotopic (exact) mass is 419 g/mol. The molecule has 1 aliphatic carbocycles. The normalized spacial score (nSPS) is 15.5. The van der Waals surface area contributed by atoms with E-state index in [0.717, 1.165) is 36.9 Å². The van der Waals surface area contributed by atoms with Crippen LogP contribution < -0.4 is 0 Å². The van der Waals surface area contributed by atoms with Gasteiger partial charge in [-0.2, -0.15) is 0 Å². The molecule has 1 N–H and O–H groups in total. The lowest BCUT2D eigenvalue weighted by Gasteiger charge is -2.24. The maximum Gasteiger partial charge on any atom is 0.311 e. The van der Waals surface area contributed by atoms with Gasteiger partial charge in [0.2, 0.25) is 0 Å². The van der Waals surface area contributed by atoms with E-state index < -0.39 is 11.9 Å². The molecule has 1 unspecified atom stereocenters. The largest absolute Gasteiger partial charge is 0.481 e. The molecule has 31 heavy (non-hydrogen) atoms. The number of rotatable bonds is 9. The second-order valence-corrected chi connectivity index (χ2v) is 9.66. The zero-order chi connectivity index (χ0) is 22.4. The van der Waals surface area contributed by atoms with Crippen LogP contribution in [0.1, 0.15) is 67.7 Å². The third kappa shape index (κ3) is 6.54. The van der Waals surface area contributed by atoms with E-state index in [-0.39, 0.29) is 0 Å². The quantitative estimate of drug-likeness (QED) is 0.527. The summed E-state index contributed by atoms with van der Waals surface area (Å²) < 4.78 is 0. The van der Waals surface area contributed by atoms with Crippen molar-refractivity contribution in [2.24, 2.45) is 5.92 Å². The smallest absolute Gasteiger partial charge is 0.311 e. The van der Waals surface area contributed by atoms with Crippen LogP contribution >= 0.6 is 0 Å². The molecule has 0 saturated carbocycles. The van der Waals surface area contributed by atoms with Crippen LogP contribution in [0.4, 0.5) is 0 Å². The fraction of sp³-hybridized carbons (Fsp3) is 0.464. The van der Waals surface area contributed by atoms with Crippen LogP contribution in [0.2, 0.25) is 0 Å². The zero-order valence-electron chi connectivity index (χ0n) is 19.5. The van der Waals surface area contributed by atoms with E-state index >= 15 is 0 Å². The predicted octanol–water partition coefficient (Wildman–Crippen LogP) is 6.19. The Bertz CT molecular complexity index is 909. The Labute approximate surface area is 187 Å². The first-order valence-electron chi connectivity index (χ1n) is 11.6. The summed E-state index contributed by atoms with van der Waals surface area (Å²) in [7, 11) is 4.25. The molecule has 0 bridgehead atoms. The van der Waals surface area contributed by atoms with Gasteiger partial charge in [0.25, 0.3) is 0 Å². The summed E-state index contributed by atoms with van der Waals surface area (Å²) in [5.74, 6) is -0.688. The van der Waals surface area contributed by atoms with Crippen LogP contribution in [0.25, 0.3) is 5.57 Å². The van der Waals surface area contributed by atoms with Gasteiger partial charge < -0.3 is 10.0 Å². The number of benzene rings is 2. The number of hydrogen-bond donors (Lipinski definition) is 1. The highest BCUT2D eigenvalue weighted by atomic mass is 16.4. The maximum atomic E-state index is 12.1. The number of aliphatic carboxylic acids is 1. The fourth-order valence-electron chi connectivity index (χ4n) is 4.70. The lowest BCUT2D eigenvalue weighted by molar-refractivity contribution is -0.138. The molecule has 0 heterocycles. The molecule has 1 atom stereocenters. The van der Waals surface area contributed by atoms with Gasteiger partial charge in [-0.1, -0.05) is 68.0 Å². The van der Waals surface area contributed by atoms with E-state index in [9.17, 15) is 9.90 Å². The average molecular weight is 420 g/mol. The van der Waals surface area contributed by atoms with E-state index in [4.69, 9.17) is 0 Å². The number of likely N-dealkylation sites (N-methyl/N-ethyl adjacent to an activating group) is 1. The van der Waals surface area contributed by atoms with Crippen LogP contribution in [0.15, 0.2) is 54.1 Å². The summed E-state index contributed by atoms with van der Waals surface area (Å²) in [5, 5.41) is 9.95. The number of nitrogens with zero attached hydrogens (tertiary/aromatic N) is 1. The van der Waals surface area contributed by atoms with Gasteiger partial charge in [0.15, 0.2) is 0 Å². The van der Waals surface area contributed by atoms with Crippen molar-refractivity contribution in [1.82, 2.24) is 4.90 Å². The van der Waals surface area contributed by atoms with Crippen molar-refractivity contribution in [2.75, 3.05) is 20.6 Å². The van der Waals surface area contributed by atoms with Crippen molar-refractivity contribution in [3.8, 4) is 0 Å². The van der Waals surface area contributed by atoms with Crippen molar-refractivity contribution in [2.45, 2.75) is 58.3 Å².